The topological polar surface area (TPSA) is 111 Å². The molecule has 4 heterocycles. The number of rotatable bonds is 6. The van der Waals surface area contributed by atoms with Gasteiger partial charge in [-0.2, -0.15) is 0 Å². The monoisotopic (exact) mass is 435 g/mol. The first-order valence-corrected chi connectivity index (χ1v) is 10.8. The normalized spacial score (nSPS) is 17.7. The summed E-state index contributed by atoms with van der Waals surface area (Å²) in [6.07, 6.45) is 8.70. The maximum Gasteiger partial charge on any atom is 0.280 e. The predicted octanol–water partition coefficient (Wildman–Crippen LogP) is 2.32. The molecule has 2 aliphatic rings. The van der Waals surface area contributed by atoms with Crippen LogP contribution in [0.3, 0.4) is 0 Å². The number of carbonyl (C=O) groups excluding carboxylic acids is 1. The molecule has 1 aliphatic heterocycles. The van der Waals surface area contributed by atoms with Crippen molar-refractivity contribution in [3.63, 3.8) is 0 Å². The zero-order valence-corrected chi connectivity index (χ0v) is 17.8. The van der Waals surface area contributed by atoms with Crippen molar-refractivity contribution in [2.24, 2.45) is 5.92 Å². The summed E-state index contributed by atoms with van der Waals surface area (Å²) in [5.41, 5.74) is 1.29. The number of amides is 1. The van der Waals surface area contributed by atoms with Crippen molar-refractivity contribution in [2.45, 2.75) is 31.2 Å². The Labute approximate surface area is 184 Å². The highest BCUT2D eigenvalue weighted by Crippen LogP contribution is 2.46. The van der Waals surface area contributed by atoms with Crippen molar-refractivity contribution in [1.82, 2.24) is 25.1 Å². The van der Waals surface area contributed by atoms with Crippen LogP contribution in [0.2, 0.25) is 0 Å². The number of carbonyl (C=O) groups is 1. The summed E-state index contributed by atoms with van der Waals surface area (Å²) < 4.78 is 11.9. The van der Waals surface area contributed by atoms with Crippen LogP contribution in [0.4, 0.5) is 0 Å². The van der Waals surface area contributed by atoms with Gasteiger partial charge in [0.15, 0.2) is 5.82 Å². The van der Waals surface area contributed by atoms with Gasteiger partial charge >= 0.3 is 0 Å². The number of hydrogen-bond acceptors (Lipinski definition) is 6. The first-order valence-electron chi connectivity index (χ1n) is 10.8. The highest BCUT2D eigenvalue weighted by molar-refractivity contribution is 5.94. The summed E-state index contributed by atoms with van der Waals surface area (Å²) in [4.78, 5) is 34.1. The summed E-state index contributed by atoms with van der Waals surface area (Å²) in [7, 11) is 1.53. The summed E-state index contributed by atoms with van der Waals surface area (Å²) >= 11 is 0. The van der Waals surface area contributed by atoms with Crippen LogP contribution in [-0.4, -0.2) is 51.5 Å². The maximum atomic E-state index is 12.9. The van der Waals surface area contributed by atoms with E-state index < -0.39 is 0 Å². The molecule has 1 amide bonds. The Morgan fingerprint density at radius 1 is 1.25 bits per heavy atom. The van der Waals surface area contributed by atoms with Crippen molar-refractivity contribution in [3.8, 4) is 22.8 Å². The van der Waals surface area contributed by atoms with Gasteiger partial charge in [0.1, 0.15) is 0 Å². The molecule has 5 rings (SSSR count). The number of hydrogen-bond donors (Lipinski definition) is 2. The standard InChI is InChI=1S/C23H25N5O4/c1-31-20-12-15(4-9-24-20)18-14-26-28(22(18)30)19-3-2-16(13-25-19)21(29)27-23(7-8-23)17-5-10-32-11-6-17/h2-4,9,12-14,17,26H,5-8,10-11H2,1H3,(H,27,29). The van der Waals surface area contributed by atoms with Crippen molar-refractivity contribution in [3.05, 3.63) is 58.8 Å². The number of ether oxygens (including phenoxy) is 2. The van der Waals surface area contributed by atoms with E-state index in [1.54, 1.807) is 36.7 Å². The van der Waals surface area contributed by atoms with Gasteiger partial charge in [-0.1, -0.05) is 0 Å². The van der Waals surface area contributed by atoms with E-state index in [4.69, 9.17) is 9.47 Å². The number of nitrogens with zero attached hydrogens (tertiary/aromatic N) is 3. The maximum absolute atomic E-state index is 12.9. The van der Waals surface area contributed by atoms with Gasteiger partial charge in [0, 0.05) is 43.4 Å². The molecular formula is C23H25N5O4. The Balaban J connectivity index is 1.32. The van der Waals surface area contributed by atoms with Gasteiger partial charge in [0.25, 0.3) is 11.5 Å². The highest BCUT2D eigenvalue weighted by Gasteiger charge is 2.50. The van der Waals surface area contributed by atoms with E-state index >= 15 is 0 Å². The van der Waals surface area contributed by atoms with E-state index in [-0.39, 0.29) is 17.0 Å². The van der Waals surface area contributed by atoms with Gasteiger partial charge in [-0.3, -0.25) is 14.7 Å². The number of nitrogens with one attached hydrogen (secondary N) is 2. The quantitative estimate of drug-likeness (QED) is 0.615. The SMILES string of the molecule is COc1cc(-c2c[nH]n(-c3ccc(C(=O)NC4(C5CCOCC5)CC4)cn3)c2=O)ccn1. The lowest BCUT2D eigenvalue weighted by Gasteiger charge is -2.31. The van der Waals surface area contributed by atoms with Crippen LogP contribution < -0.4 is 15.6 Å². The Morgan fingerprint density at radius 2 is 2.06 bits per heavy atom. The minimum absolute atomic E-state index is 0.101. The molecule has 3 aromatic heterocycles. The average molecular weight is 435 g/mol. The molecule has 166 valence electrons. The number of aromatic nitrogens is 4. The van der Waals surface area contributed by atoms with Crippen molar-refractivity contribution in [1.29, 1.82) is 0 Å². The Bertz CT molecular complexity index is 1170. The summed E-state index contributed by atoms with van der Waals surface area (Å²) in [6.45, 7) is 1.52. The fraction of sp³-hybridized carbons (Fsp3) is 0.391. The molecule has 2 N–H and O–H groups in total. The number of aromatic amines is 1. The fourth-order valence-electron chi connectivity index (χ4n) is 4.41. The van der Waals surface area contributed by atoms with Gasteiger partial charge in [0.05, 0.1) is 18.2 Å². The van der Waals surface area contributed by atoms with Crippen LogP contribution in [0.1, 0.15) is 36.0 Å². The Kier molecular flexibility index (Phi) is 5.26. The lowest BCUT2D eigenvalue weighted by molar-refractivity contribution is 0.0475. The van der Waals surface area contributed by atoms with Crippen molar-refractivity contribution in [2.75, 3.05) is 20.3 Å². The Morgan fingerprint density at radius 3 is 2.75 bits per heavy atom. The zero-order chi connectivity index (χ0) is 22.1. The van der Waals surface area contributed by atoms with E-state index in [2.05, 4.69) is 20.4 Å². The van der Waals surface area contributed by atoms with Crippen LogP contribution in [0.25, 0.3) is 16.9 Å². The summed E-state index contributed by atoms with van der Waals surface area (Å²) in [6, 6.07) is 6.80. The highest BCUT2D eigenvalue weighted by atomic mass is 16.5. The molecule has 2 fully saturated rings. The zero-order valence-electron chi connectivity index (χ0n) is 17.8. The molecule has 3 aromatic rings. The molecule has 9 heteroatoms. The molecule has 0 atom stereocenters. The molecule has 1 aliphatic carbocycles. The molecular weight excluding hydrogens is 410 g/mol. The fourth-order valence-corrected chi connectivity index (χ4v) is 4.41. The minimum Gasteiger partial charge on any atom is -0.481 e. The third-order valence-electron chi connectivity index (χ3n) is 6.42. The molecule has 0 spiro atoms. The van der Waals surface area contributed by atoms with Gasteiger partial charge < -0.3 is 14.8 Å². The number of H-pyrrole nitrogens is 1. The molecule has 9 nitrogen and oxygen atoms in total. The predicted molar refractivity (Wildman–Crippen MR) is 117 cm³/mol. The molecule has 0 unspecified atom stereocenters. The van der Waals surface area contributed by atoms with E-state index in [9.17, 15) is 9.59 Å². The molecule has 0 bridgehead atoms. The lowest BCUT2D eigenvalue weighted by Crippen LogP contribution is -2.44. The number of methoxy groups -OCH3 is 1. The van der Waals surface area contributed by atoms with E-state index in [1.165, 1.54) is 18.0 Å². The van der Waals surface area contributed by atoms with Crippen LogP contribution in [0.15, 0.2) is 47.7 Å². The Hall–Kier alpha value is -3.46. The summed E-state index contributed by atoms with van der Waals surface area (Å²) in [5.74, 6) is 1.17. The minimum atomic E-state index is -0.251. The molecule has 0 radical (unpaired) electrons. The van der Waals surface area contributed by atoms with Crippen LogP contribution in [0, 0.1) is 5.92 Å². The second-order valence-electron chi connectivity index (χ2n) is 8.32. The van der Waals surface area contributed by atoms with Crippen LogP contribution in [-0.2, 0) is 4.74 Å². The molecule has 1 saturated carbocycles. The van der Waals surface area contributed by atoms with Crippen molar-refractivity contribution < 1.29 is 14.3 Å². The first-order chi connectivity index (χ1) is 15.6. The lowest BCUT2D eigenvalue weighted by atomic mass is 9.89. The van der Waals surface area contributed by atoms with Crippen molar-refractivity contribution >= 4 is 5.91 Å². The average Bonchev–Trinajstić information content (AvgIpc) is 3.53. The van der Waals surface area contributed by atoms with Crippen LogP contribution >= 0.6 is 0 Å². The van der Waals surface area contributed by atoms with E-state index in [0.717, 1.165) is 38.9 Å². The first kappa shape index (κ1) is 20.4. The van der Waals surface area contributed by atoms with E-state index in [1.807, 2.05) is 0 Å². The summed E-state index contributed by atoms with van der Waals surface area (Å²) in [5, 5.41) is 6.17. The number of pyridine rings is 2. The smallest absolute Gasteiger partial charge is 0.280 e. The van der Waals surface area contributed by atoms with E-state index in [0.29, 0.717) is 34.3 Å². The molecule has 32 heavy (non-hydrogen) atoms. The van der Waals surface area contributed by atoms with Gasteiger partial charge in [0.2, 0.25) is 5.88 Å². The third-order valence-corrected chi connectivity index (χ3v) is 6.42. The van der Waals surface area contributed by atoms with Gasteiger partial charge in [-0.05, 0) is 55.4 Å². The van der Waals surface area contributed by atoms with Crippen LogP contribution in [0.5, 0.6) is 5.88 Å². The van der Waals surface area contributed by atoms with Gasteiger partial charge in [-0.25, -0.2) is 14.6 Å². The second kappa shape index (κ2) is 8.23. The largest absolute Gasteiger partial charge is 0.481 e. The van der Waals surface area contributed by atoms with Gasteiger partial charge in [-0.15, -0.1) is 0 Å². The molecule has 1 saturated heterocycles. The second-order valence-corrected chi connectivity index (χ2v) is 8.32. The molecule has 0 aromatic carbocycles. The third kappa shape index (κ3) is 3.80.